The van der Waals surface area contributed by atoms with Gasteiger partial charge in [-0.15, -0.1) is 0 Å². The fourth-order valence-corrected chi connectivity index (χ4v) is 4.19. The summed E-state index contributed by atoms with van der Waals surface area (Å²) < 4.78 is 7.03. The van der Waals surface area contributed by atoms with Gasteiger partial charge in [-0.1, -0.05) is 12.1 Å². The highest BCUT2D eigenvalue weighted by atomic mass is 16.5. The summed E-state index contributed by atoms with van der Waals surface area (Å²) in [4.78, 5) is 28.5. The highest BCUT2D eigenvalue weighted by Gasteiger charge is 2.34. The largest absolute Gasteiger partial charge is 0.497 e. The number of anilines is 1. The van der Waals surface area contributed by atoms with Crippen molar-refractivity contribution in [3.05, 3.63) is 78.5 Å². The minimum Gasteiger partial charge on any atom is -0.497 e. The zero-order valence-corrected chi connectivity index (χ0v) is 18.1. The molecule has 0 bridgehead atoms. The van der Waals surface area contributed by atoms with Gasteiger partial charge in [0.05, 0.1) is 24.4 Å². The molecule has 1 aliphatic heterocycles. The summed E-state index contributed by atoms with van der Waals surface area (Å²) in [5.41, 5.74) is 8.96. The minimum atomic E-state index is -0.213. The number of benzene rings is 1. The third-order valence-corrected chi connectivity index (χ3v) is 5.78. The summed E-state index contributed by atoms with van der Waals surface area (Å²) in [6.45, 7) is 0.631. The molecule has 4 aromatic rings. The van der Waals surface area contributed by atoms with Crippen LogP contribution < -0.4 is 10.5 Å². The van der Waals surface area contributed by atoms with Crippen molar-refractivity contribution in [2.75, 3.05) is 19.4 Å². The maximum atomic E-state index is 13.4. The number of nitrogens with zero attached hydrogens (tertiary/aromatic N) is 6. The van der Waals surface area contributed by atoms with E-state index in [2.05, 4.69) is 20.1 Å². The van der Waals surface area contributed by atoms with Gasteiger partial charge in [0.15, 0.2) is 5.82 Å². The third kappa shape index (κ3) is 4.00. The van der Waals surface area contributed by atoms with Gasteiger partial charge in [-0.2, -0.15) is 5.10 Å². The number of nitrogen functional groups attached to an aromatic ring is 1. The zero-order valence-electron chi connectivity index (χ0n) is 18.1. The molecule has 1 atom stereocenters. The first kappa shape index (κ1) is 20.6. The number of aromatic nitrogens is 5. The van der Waals surface area contributed by atoms with Crippen molar-refractivity contribution in [3.63, 3.8) is 0 Å². The van der Waals surface area contributed by atoms with Crippen LogP contribution in [0.1, 0.15) is 34.9 Å². The smallest absolute Gasteiger partial charge is 0.255 e. The van der Waals surface area contributed by atoms with Gasteiger partial charge >= 0.3 is 0 Å². The number of carbonyl (C=O) groups is 1. The van der Waals surface area contributed by atoms with E-state index in [-0.39, 0.29) is 17.9 Å². The number of likely N-dealkylation sites (tertiary alicyclic amines) is 1. The maximum Gasteiger partial charge on any atom is 0.255 e. The van der Waals surface area contributed by atoms with Crippen molar-refractivity contribution >= 4 is 11.9 Å². The number of hydrogen-bond acceptors (Lipinski definition) is 7. The summed E-state index contributed by atoms with van der Waals surface area (Å²) in [6.07, 6.45) is 8.46. The van der Waals surface area contributed by atoms with Crippen LogP contribution in [0.4, 0.5) is 5.95 Å². The van der Waals surface area contributed by atoms with Gasteiger partial charge in [0, 0.05) is 36.9 Å². The Kier molecular flexibility index (Phi) is 5.43. The molecule has 0 radical (unpaired) electrons. The van der Waals surface area contributed by atoms with E-state index in [0.29, 0.717) is 17.9 Å². The molecule has 166 valence electrons. The standard InChI is InChI=1S/C24H23N7O2/c1-33-18-6-2-5-16(13-18)19-15-27-24(25)29-22(19)20-7-3-11-30(20)23(32)17-8-9-21(26-14-17)31-12-4-10-28-31/h2,4-6,8-10,12-15,20H,3,7,11H2,1H3,(H2,25,27,29). The van der Waals surface area contributed by atoms with E-state index < -0.39 is 0 Å². The molecule has 3 aromatic heterocycles. The van der Waals surface area contributed by atoms with E-state index in [1.54, 1.807) is 48.7 Å². The minimum absolute atomic E-state index is 0.0919. The molecule has 1 aliphatic rings. The van der Waals surface area contributed by atoms with Crippen molar-refractivity contribution in [1.29, 1.82) is 0 Å². The van der Waals surface area contributed by atoms with E-state index in [9.17, 15) is 4.79 Å². The average Bonchev–Trinajstić information content (AvgIpc) is 3.56. The number of methoxy groups -OCH3 is 1. The predicted octanol–water partition coefficient (Wildman–Crippen LogP) is 3.29. The van der Waals surface area contributed by atoms with Crippen LogP contribution in [-0.2, 0) is 0 Å². The third-order valence-electron chi connectivity index (χ3n) is 5.78. The topological polar surface area (TPSA) is 112 Å². The lowest BCUT2D eigenvalue weighted by atomic mass is 9.99. The molecule has 9 nitrogen and oxygen atoms in total. The molecule has 0 saturated carbocycles. The van der Waals surface area contributed by atoms with Crippen LogP contribution in [0.15, 0.2) is 67.3 Å². The van der Waals surface area contributed by atoms with Crippen molar-refractivity contribution in [1.82, 2.24) is 29.6 Å². The molecule has 1 unspecified atom stereocenters. The molecule has 1 saturated heterocycles. The highest BCUT2D eigenvalue weighted by molar-refractivity contribution is 5.94. The second-order valence-corrected chi connectivity index (χ2v) is 7.77. The number of rotatable bonds is 5. The van der Waals surface area contributed by atoms with Crippen molar-refractivity contribution in [2.24, 2.45) is 0 Å². The van der Waals surface area contributed by atoms with E-state index in [1.807, 2.05) is 35.2 Å². The number of pyridine rings is 1. The lowest BCUT2D eigenvalue weighted by Crippen LogP contribution is -2.31. The molecule has 5 rings (SSSR count). The Morgan fingerprint density at radius 1 is 1.15 bits per heavy atom. The van der Waals surface area contributed by atoms with Gasteiger partial charge in [0.1, 0.15) is 5.75 Å². The zero-order chi connectivity index (χ0) is 22.8. The lowest BCUT2D eigenvalue weighted by Gasteiger charge is -2.26. The van der Waals surface area contributed by atoms with Crippen LogP contribution in [0.25, 0.3) is 16.9 Å². The van der Waals surface area contributed by atoms with Crippen molar-refractivity contribution in [2.45, 2.75) is 18.9 Å². The van der Waals surface area contributed by atoms with Crippen molar-refractivity contribution < 1.29 is 9.53 Å². The van der Waals surface area contributed by atoms with E-state index in [1.165, 1.54) is 0 Å². The molecule has 2 N–H and O–H groups in total. The molecule has 0 spiro atoms. The molecule has 1 fully saturated rings. The monoisotopic (exact) mass is 441 g/mol. The summed E-state index contributed by atoms with van der Waals surface area (Å²) in [7, 11) is 1.63. The summed E-state index contributed by atoms with van der Waals surface area (Å²) in [5, 5.41) is 4.17. The predicted molar refractivity (Wildman–Crippen MR) is 123 cm³/mol. The molecule has 1 amide bonds. The highest BCUT2D eigenvalue weighted by Crippen LogP contribution is 2.38. The van der Waals surface area contributed by atoms with Crippen molar-refractivity contribution in [3.8, 4) is 22.7 Å². The van der Waals surface area contributed by atoms with Gasteiger partial charge in [0.25, 0.3) is 5.91 Å². The first-order valence-corrected chi connectivity index (χ1v) is 10.7. The normalized spacial score (nSPS) is 15.5. The second kappa shape index (κ2) is 8.70. The Balaban J connectivity index is 1.47. The Morgan fingerprint density at radius 3 is 2.82 bits per heavy atom. The SMILES string of the molecule is COc1cccc(-c2cnc(N)nc2C2CCCN2C(=O)c2ccc(-n3cccn3)nc2)c1. The summed E-state index contributed by atoms with van der Waals surface area (Å²) in [5.74, 6) is 1.48. The van der Waals surface area contributed by atoms with E-state index in [0.717, 1.165) is 35.4 Å². The fraction of sp³-hybridized carbons (Fsp3) is 0.208. The van der Waals surface area contributed by atoms with Crippen LogP contribution in [0.5, 0.6) is 5.75 Å². The van der Waals surface area contributed by atoms with Crippen LogP contribution in [0.3, 0.4) is 0 Å². The summed E-state index contributed by atoms with van der Waals surface area (Å²) >= 11 is 0. The molecule has 4 heterocycles. The number of hydrogen-bond donors (Lipinski definition) is 1. The van der Waals surface area contributed by atoms with Crippen LogP contribution in [0, 0.1) is 0 Å². The van der Waals surface area contributed by atoms with Crippen LogP contribution >= 0.6 is 0 Å². The summed E-state index contributed by atoms with van der Waals surface area (Å²) in [6, 6.07) is 12.9. The van der Waals surface area contributed by atoms with Crippen LogP contribution in [0.2, 0.25) is 0 Å². The Morgan fingerprint density at radius 2 is 2.06 bits per heavy atom. The molecule has 1 aromatic carbocycles. The Labute approximate surface area is 190 Å². The fourth-order valence-electron chi connectivity index (χ4n) is 4.19. The van der Waals surface area contributed by atoms with E-state index >= 15 is 0 Å². The number of ether oxygens (including phenoxy) is 1. The van der Waals surface area contributed by atoms with E-state index in [4.69, 9.17) is 10.5 Å². The molecule has 0 aliphatic carbocycles. The lowest BCUT2D eigenvalue weighted by molar-refractivity contribution is 0.0733. The quantitative estimate of drug-likeness (QED) is 0.506. The molecule has 33 heavy (non-hydrogen) atoms. The first-order valence-electron chi connectivity index (χ1n) is 10.7. The number of carbonyl (C=O) groups excluding carboxylic acids is 1. The molecular formula is C24H23N7O2. The number of amides is 1. The van der Waals surface area contributed by atoms with Crippen LogP contribution in [-0.4, -0.2) is 49.2 Å². The van der Waals surface area contributed by atoms with Gasteiger partial charge in [0.2, 0.25) is 5.95 Å². The van der Waals surface area contributed by atoms with Gasteiger partial charge in [-0.25, -0.2) is 19.6 Å². The van der Waals surface area contributed by atoms with Gasteiger partial charge in [-0.3, -0.25) is 4.79 Å². The Bertz CT molecular complexity index is 1270. The van der Waals surface area contributed by atoms with Gasteiger partial charge < -0.3 is 15.4 Å². The van der Waals surface area contributed by atoms with Gasteiger partial charge in [-0.05, 0) is 48.7 Å². The number of nitrogens with two attached hydrogens (primary N) is 1. The maximum absolute atomic E-state index is 13.4. The molecule has 9 heteroatoms. The average molecular weight is 441 g/mol. The first-order chi connectivity index (χ1) is 16.1. The Hall–Kier alpha value is -4.27. The molecular weight excluding hydrogens is 418 g/mol. The second-order valence-electron chi connectivity index (χ2n) is 7.77.